The summed E-state index contributed by atoms with van der Waals surface area (Å²) in [7, 11) is 0. The number of nitrogens with one attached hydrogen (secondary N) is 1. The summed E-state index contributed by atoms with van der Waals surface area (Å²) in [5.74, 6) is 0.0201. The van der Waals surface area contributed by atoms with Crippen molar-refractivity contribution in [1.82, 2.24) is 19.8 Å². The van der Waals surface area contributed by atoms with Gasteiger partial charge in [0.25, 0.3) is 0 Å². The number of hydrogen-bond acceptors (Lipinski definition) is 9. The second-order valence-electron chi connectivity index (χ2n) is 11.2. The highest BCUT2D eigenvalue weighted by atomic mass is 16.6. The molecule has 2 fully saturated rings. The largest absolute Gasteiger partial charge is 0.480 e. The summed E-state index contributed by atoms with van der Waals surface area (Å²) in [5, 5.41) is 13.3. The van der Waals surface area contributed by atoms with Crippen molar-refractivity contribution in [2.75, 3.05) is 60.9 Å². The predicted octanol–water partition coefficient (Wildman–Crippen LogP) is 4.08. The summed E-state index contributed by atoms with van der Waals surface area (Å²) in [6.07, 6.45) is 3.06. The van der Waals surface area contributed by atoms with Gasteiger partial charge in [-0.05, 0) is 65.2 Å². The van der Waals surface area contributed by atoms with Crippen LogP contribution < -0.4 is 19.9 Å². The van der Waals surface area contributed by atoms with E-state index < -0.39 is 12.0 Å². The van der Waals surface area contributed by atoms with Gasteiger partial charge in [-0.15, -0.1) is 0 Å². The molecule has 13 nitrogen and oxygen atoms in total. The first kappa shape index (κ1) is 32.8. The van der Waals surface area contributed by atoms with Crippen LogP contribution in [-0.2, 0) is 16.0 Å². The molecule has 0 spiro atoms. The molecule has 44 heavy (non-hydrogen) atoms. The number of morpholine rings is 1. The van der Waals surface area contributed by atoms with E-state index in [4.69, 9.17) is 14.5 Å². The van der Waals surface area contributed by atoms with Crippen LogP contribution in [0, 0.1) is 0 Å². The SMILES string of the molecule is CCN(CC)c1ncc(N(CC)C(=O)N2CC(C)OC(C)C2)c(NC(Cc2ccc(OC(=O)N3CCCC3)cc2)C(=O)O)n1. The summed E-state index contributed by atoms with van der Waals surface area (Å²) >= 11 is 0. The minimum Gasteiger partial charge on any atom is -0.480 e. The molecule has 3 amide bonds. The summed E-state index contributed by atoms with van der Waals surface area (Å²) in [6.45, 7) is 13.6. The van der Waals surface area contributed by atoms with Crippen molar-refractivity contribution in [2.45, 2.75) is 72.1 Å². The van der Waals surface area contributed by atoms with E-state index >= 15 is 0 Å². The number of aliphatic carboxylic acids is 1. The second kappa shape index (κ2) is 15.0. The number of carboxylic acid groups (broad SMARTS) is 1. The Balaban J connectivity index is 1.57. The van der Waals surface area contributed by atoms with Crippen LogP contribution in [0.1, 0.15) is 53.0 Å². The van der Waals surface area contributed by atoms with Gasteiger partial charge in [0.1, 0.15) is 17.5 Å². The number of amides is 3. The first-order valence-electron chi connectivity index (χ1n) is 15.5. The molecular formula is C31H45N7O6. The maximum atomic E-state index is 13.8. The van der Waals surface area contributed by atoms with E-state index in [0.717, 1.165) is 18.4 Å². The van der Waals surface area contributed by atoms with E-state index in [0.29, 0.717) is 63.2 Å². The van der Waals surface area contributed by atoms with Gasteiger partial charge in [0.05, 0.1) is 18.4 Å². The minimum atomic E-state index is -1.08. The number of urea groups is 1. The fourth-order valence-corrected chi connectivity index (χ4v) is 5.60. The maximum absolute atomic E-state index is 13.8. The summed E-state index contributed by atoms with van der Waals surface area (Å²) in [4.78, 5) is 54.8. The third-order valence-electron chi connectivity index (χ3n) is 7.87. The van der Waals surface area contributed by atoms with E-state index in [9.17, 15) is 19.5 Å². The Labute approximate surface area is 259 Å². The molecular weight excluding hydrogens is 566 g/mol. The summed E-state index contributed by atoms with van der Waals surface area (Å²) < 4.78 is 11.3. The maximum Gasteiger partial charge on any atom is 0.415 e. The minimum absolute atomic E-state index is 0.105. The lowest BCUT2D eigenvalue weighted by Crippen LogP contribution is -2.53. The molecule has 3 heterocycles. The number of aromatic nitrogens is 2. The van der Waals surface area contributed by atoms with Gasteiger partial charge in [-0.25, -0.2) is 19.4 Å². The molecule has 0 aliphatic carbocycles. The Bertz CT molecular complexity index is 1270. The van der Waals surface area contributed by atoms with Crippen molar-refractivity contribution in [2.24, 2.45) is 0 Å². The van der Waals surface area contributed by atoms with Crippen molar-refractivity contribution in [3.05, 3.63) is 36.0 Å². The fourth-order valence-electron chi connectivity index (χ4n) is 5.60. The molecule has 3 unspecified atom stereocenters. The van der Waals surface area contributed by atoms with Gasteiger partial charge < -0.3 is 34.6 Å². The molecule has 3 atom stereocenters. The average Bonchev–Trinajstić information content (AvgIpc) is 3.54. The molecule has 2 aliphatic heterocycles. The van der Waals surface area contributed by atoms with Crippen LogP contribution in [0.25, 0.3) is 0 Å². The van der Waals surface area contributed by atoms with Gasteiger partial charge in [0.2, 0.25) is 5.95 Å². The van der Waals surface area contributed by atoms with Gasteiger partial charge >= 0.3 is 18.1 Å². The van der Waals surface area contributed by atoms with Crippen molar-refractivity contribution >= 4 is 35.5 Å². The summed E-state index contributed by atoms with van der Waals surface area (Å²) in [5.41, 5.74) is 1.13. The lowest BCUT2D eigenvalue weighted by Gasteiger charge is -2.38. The van der Waals surface area contributed by atoms with Crippen LogP contribution in [0.3, 0.4) is 0 Å². The van der Waals surface area contributed by atoms with Crippen LogP contribution in [0.4, 0.5) is 27.0 Å². The Hall–Kier alpha value is -4.13. The number of hydrogen-bond donors (Lipinski definition) is 2. The molecule has 0 radical (unpaired) electrons. The Kier molecular flexibility index (Phi) is 11.2. The third kappa shape index (κ3) is 8.07. The van der Waals surface area contributed by atoms with Gasteiger partial charge in [0.15, 0.2) is 5.82 Å². The number of carbonyl (C=O) groups is 3. The zero-order valence-corrected chi connectivity index (χ0v) is 26.4. The number of anilines is 3. The van der Waals surface area contributed by atoms with Crippen LogP contribution in [0.2, 0.25) is 0 Å². The first-order valence-corrected chi connectivity index (χ1v) is 15.5. The number of ether oxygens (including phenoxy) is 2. The van der Waals surface area contributed by atoms with Gasteiger partial charge in [-0.3, -0.25) is 4.90 Å². The second-order valence-corrected chi connectivity index (χ2v) is 11.2. The third-order valence-corrected chi connectivity index (χ3v) is 7.87. The molecule has 2 N–H and O–H groups in total. The lowest BCUT2D eigenvalue weighted by atomic mass is 10.1. The number of likely N-dealkylation sites (tertiary alicyclic amines) is 1. The van der Waals surface area contributed by atoms with E-state index in [1.807, 2.05) is 39.5 Å². The van der Waals surface area contributed by atoms with E-state index in [-0.39, 0.29) is 36.6 Å². The molecule has 2 aliphatic rings. The number of rotatable bonds is 11. The quantitative estimate of drug-likeness (QED) is 0.382. The Morgan fingerprint density at radius 2 is 1.66 bits per heavy atom. The predicted molar refractivity (Wildman–Crippen MR) is 168 cm³/mol. The monoisotopic (exact) mass is 611 g/mol. The average molecular weight is 612 g/mol. The van der Waals surface area contributed by atoms with Gasteiger partial charge in [-0.2, -0.15) is 4.98 Å². The molecule has 0 saturated carbocycles. The van der Waals surface area contributed by atoms with Crippen molar-refractivity contribution in [1.29, 1.82) is 0 Å². The van der Waals surface area contributed by atoms with Crippen LogP contribution in [-0.4, -0.2) is 107 Å². The lowest BCUT2D eigenvalue weighted by molar-refractivity contribution is -0.137. The normalized spacial score (nSPS) is 18.9. The van der Waals surface area contributed by atoms with Gasteiger partial charge in [0, 0.05) is 52.2 Å². The Morgan fingerprint density at radius 3 is 2.23 bits per heavy atom. The number of nitrogens with zero attached hydrogens (tertiary/aromatic N) is 6. The standard InChI is InChI=1S/C31H45N7O6/c1-6-35(7-2)29-32-18-26(38(8-3)30(41)37-19-21(4)43-22(5)20-37)27(34-29)33-25(28(39)40)17-23-11-13-24(14-12-23)44-31(42)36-15-9-10-16-36/h11-14,18,21-22,25H,6-10,15-17,19-20H2,1-5H3,(H,39,40)(H,32,33,34). The number of carbonyl (C=O) groups excluding carboxylic acids is 2. The highest BCUT2D eigenvalue weighted by molar-refractivity contribution is 5.95. The van der Waals surface area contributed by atoms with Crippen LogP contribution in [0.5, 0.6) is 5.75 Å². The smallest absolute Gasteiger partial charge is 0.415 e. The molecule has 240 valence electrons. The molecule has 2 saturated heterocycles. The van der Waals surface area contributed by atoms with Crippen molar-refractivity contribution < 1.29 is 29.0 Å². The molecule has 2 aromatic rings. The molecule has 13 heteroatoms. The fraction of sp³-hybridized carbons (Fsp3) is 0.581. The highest BCUT2D eigenvalue weighted by Crippen LogP contribution is 2.29. The van der Waals surface area contributed by atoms with E-state index in [1.165, 1.54) is 0 Å². The van der Waals surface area contributed by atoms with Crippen LogP contribution in [0.15, 0.2) is 30.5 Å². The molecule has 4 rings (SSSR count). The van der Waals surface area contributed by atoms with E-state index in [1.54, 1.807) is 45.2 Å². The zero-order chi connectivity index (χ0) is 31.8. The highest BCUT2D eigenvalue weighted by Gasteiger charge is 2.32. The van der Waals surface area contributed by atoms with Crippen molar-refractivity contribution in [3.8, 4) is 5.75 Å². The Morgan fingerprint density at radius 1 is 1.02 bits per heavy atom. The number of carboxylic acids is 1. The molecule has 1 aromatic heterocycles. The van der Waals surface area contributed by atoms with Crippen molar-refractivity contribution in [3.63, 3.8) is 0 Å². The van der Waals surface area contributed by atoms with E-state index in [2.05, 4.69) is 10.3 Å². The molecule has 1 aromatic carbocycles. The van der Waals surface area contributed by atoms with Gasteiger partial charge in [-0.1, -0.05) is 12.1 Å². The molecule has 0 bridgehead atoms. The summed E-state index contributed by atoms with van der Waals surface area (Å²) in [6, 6.07) is 5.53. The first-order chi connectivity index (χ1) is 21.1. The van der Waals surface area contributed by atoms with Crippen LogP contribution >= 0.6 is 0 Å². The number of benzene rings is 1. The zero-order valence-electron chi connectivity index (χ0n) is 26.4. The topological polar surface area (TPSA) is 141 Å².